The number of thioether (sulfide) groups is 1. The van der Waals surface area contributed by atoms with Crippen molar-refractivity contribution in [1.29, 1.82) is 0 Å². The summed E-state index contributed by atoms with van der Waals surface area (Å²) in [6.45, 7) is 1.27. The van der Waals surface area contributed by atoms with E-state index < -0.39 is 4.92 Å². The predicted octanol–water partition coefficient (Wildman–Crippen LogP) is 4.86. The molecule has 0 aliphatic carbocycles. The van der Waals surface area contributed by atoms with E-state index in [0.29, 0.717) is 24.0 Å². The summed E-state index contributed by atoms with van der Waals surface area (Å²) in [5, 5.41) is 27.9. The quantitative estimate of drug-likeness (QED) is 0.0917. The van der Waals surface area contributed by atoms with Gasteiger partial charge in [-0.15, -0.1) is 0 Å². The normalized spacial score (nSPS) is 19.8. The second-order valence-corrected chi connectivity index (χ2v) is 11.8. The number of benzene rings is 1. The fraction of sp³-hybridized carbons (Fsp3) is 0.704. The number of nitrogens with one attached hydrogen (secondary N) is 3. The molecule has 0 spiro atoms. The number of unbranched alkanes of at least 4 members (excludes halogenated alkanes) is 9. The first-order valence-electron chi connectivity index (χ1n) is 14.5. The van der Waals surface area contributed by atoms with E-state index in [-0.39, 0.29) is 40.7 Å². The van der Waals surface area contributed by atoms with Crippen molar-refractivity contribution in [1.82, 2.24) is 26.3 Å². The van der Waals surface area contributed by atoms with Crippen LogP contribution in [0.4, 0.5) is 10.5 Å². The molecule has 12 nitrogen and oxygen atoms in total. The van der Waals surface area contributed by atoms with Crippen LogP contribution in [-0.2, 0) is 4.79 Å². The molecule has 0 bridgehead atoms. The highest BCUT2D eigenvalue weighted by atomic mass is 32.2. The monoisotopic (exact) mass is 576 g/mol. The molecule has 2 saturated heterocycles. The molecule has 0 saturated carbocycles. The first-order chi connectivity index (χ1) is 19.5. The van der Waals surface area contributed by atoms with Crippen LogP contribution in [0.3, 0.4) is 0 Å². The fourth-order valence-electron chi connectivity index (χ4n) is 5.33. The van der Waals surface area contributed by atoms with Crippen molar-refractivity contribution in [3.05, 3.63) is 22.2 Å². The third-order valence-corrected chi connectivity index (χ3v) is 9.04. The number of nitrogens with zero attached hydrogens (tertiary/aromatic N) is 3. The predicted molar refractivity (Wildman–Crippen MR) is 152 cm³/mol. The van der Waals surface area contributed by atoms with E-state index in [1.165, 1.54) is 31.7 Å². The van der Waals surface area contributed by atoms with Crippen molar-refractivity contribution in [2.45, 2.75) is 101 Å². The second-order valence-electron chi connectivity index (χ2n) is 10.5. The van der Waals surface area contributed by atoms with Gasteiger partial charge in [-0.05, 0) is 42.1 Å². The Morgan fingerprint density at radius 2 is 1.75 bits per heavy atom. The smallest absolute Gasteiger partial charge is 0.315 e. The van der Waals surface area contributed by atoms with Crippen molar-refractivity contribution in [3.8, 4) is 5.75 Å². The Hall–Kier alpha value is -3.09. The molecule has 1 aromatic carbocycles. The van der Waals surface area contributed by atoms with Gasteiger partial charge in [-0.2, -0.15) is 11.8 Å². The van der Waals surface area contributed by atoms with Crippen molar-refractivity contribution < 1.29 is 23.9 Å². The van der Waals surface area contributed by atoms with Gasteiger partial charge in [-0.25, -0.2) is 9.42 Å². The van der Waals surface area contributed by atoms with Gasteiger partial charge >= 0.3 is 11.7 Å². The van der Waals surface area contributed by atoms with E-state index in [1.54, 1.807) is 6.07 Å². The molecule has 2 aromatic rings. The van der Waals surface area contributed by atoms with Gasteiger partial charge in [0.15, 0.2) is 11.3 Å². The molecule has 2 fully saturated rings. The van der Waals surface area contributed by atoms with Gasteiger partial charge in [0.05, 0.1) is 23.6 Å². The standard InChI is InChI=1S/C27H40N6O6S/c34-23(13-9-8-12-22-24-19(18-40-22)29-27(35)30-24)28-16-10-6-4-2-1-3-5-7-11-17-38-21-15-14-20(33(36)37)25-26(21)32-39-31-25/h14-15,19,22,24H,1-13,16-18H2,(H,28,34)(H2,29,30,35)/t19-,22-,24-/m0/s1. The lowest BCUT2D eigenvalue weighted by Crippen LogP contribution is -2.36. The highest BCUT2D eigenvalue weighted by Gasteiger charge is 2.42. The molecule has 0 unspecified atom stereocenters. The summed E-state index contributed by atoms with van der Waals surface area (Å²) in [6, 6.07) is 3.36. The van der Waals surface area contributed by atoms with Gasteiger partial charge in [0, 0.05) is 30.0 Å². The molecule has 2 aliphatic rings. The lowest BCUT2D eigenvalue weighted by Gasteiger charge is -2.16. The number of hydrogen-bond donors (Lipinski definition) is 3. The number of aromatic nitrogens is 2. The van der Waals surface area contributed by atoms with Crippen molar-refractivity contribution >= 4 is 40.4 Å². The summed E-state index contributed by atoms with van der Waals surface area (Å²) >= 11 is 1.92. The maximum atomic E-state index is 12.1. The highest BCUT2D eigenvalue weighted by Crippen LogP contribution is 2.33. The minimum absolute atomic E-state index is 0.0467. The van der Waals surface area contributed by atoms with Gasteiger partial charge in [-0.3, -0.25) is 14.9 Å². The molecule has 13 heteroatoms. The highest BCUT2D eigenvalue weighted by molar-refractivity contribution is 8.00. The molecule has 1 aromatic heterocycles. The lowest BCUT2D eigenvalue weighted by atomic mass is 10.0. The van der Waals surface area contributed by atoms with Crippen molar-refractivity contribution in [2.75, 3.05) is 18.9 Å². The fourth-order valence-corrected chi connectivity index (χ4v) is 6.88. The minimum atomic E-state index is -0.513. The number of amides is 3. The molecule has 3 amide bonds. The van der Waals surface area contributed by atoms with Crippen molar-refractivity contribution in [2.24, 2.45) is 0 Å². The molecule has 3 heterocycles. The zero-order valence-corrected chi connectivity index (χ0v) is 23.7. The summed E-state index contributed by atoms with van der Waals surface area (Å²) in [7, 11) is 0. The summed E-state index contributed by atoms with van der Waals surface area (Å²) in [5.41, 5.74) is 0.238. The van der Waals surface area contributed by atoms with E-state index >= 15 is 0 Å². The average Bonchev–Trinajstić information content (AvgIpc) is 3.66. The van der Waals surface area contributed by atoms with Crippen LogP contribution < -0.4 is 20.7 Å². The number of hydrogen-bond acceptors (Lipinski definition) is 9. The van der Waals surface area contributed by atoms with Crippen LogP contribution in [0, 0.1) is 10.1 Å². The van der Waals surface area contributed by atoms with Gasteiger partial charge in [0.1, 0.15) is 0 Å². The van der Waals surface area contributed by atoms with Gasteiger partial charge in [0.25, 0.3) is 0 Å². The van der Waals surface area contributed by atoms with Gasteiger partial charge in [0.2, 0.25) is 11.4 Å². The molecule has 40 heavy (non-hydrogen) atoms. The van der Waals surface area contributed by atoms with E-state index in [9.17, 15) is 19.7 Å². The van der Waals surface area contributed by atoms with Crippen LogP contribution in [0.25, 0.3) is 11.0 Å². The molecular weight excluding hydrogens is 536 g/mol. The minimum Gasteiger partial charge on any atom is -0.491 e. The summed E-state index contributed by atoms with van der Waals surface area (Å²) in [4.78, 5) is 34.1. The maximum absolute atomic E-state index is 12.1. The Bertz CT molecular complexity index is 1130. The number of ether oxygens (including phenoxy) is 1. The van der Waals surface area contributed by atoms with Crippen molar-refractivity contribution in [3.63, 3.8) is 0 Å². The lowest BCUT2D eigenvalue weighted by molar-refractivity contribution is -0.383. The third kappa shape index (κ3) is 8.70. The number of carbonyl (C=O) groups is 2. The number of carbonyl (C=O) groups excluding carboxylic acids is 2. The Labute approximate surface area is 238 Å². The Morgan fingerprint density at radius 1 is 1.02 bits per heavy atom. The second kappa shape index (κ2) is 15.6. The first kappa shape index (κ1) is 29.9. The number of rotatable bonds is 19. The largest absolute Gasteiger partial charge is 0.491 e. The molecule has 0 radical (unpaired) electrons. The summed E-state index contributed by atoms with van der Waals surface area (Å²) in [5.74, 6) is 1.58. The number of fused-ring (bicyclic) bond motifs is 2. The number of nitro benzene ring substituents is 1. The topological polar surface area (TPSA) is 162 Å². The van der Waals surface area contributed by atoms with Crippen LogP contribution in [0.5, 0.6) is 5.75 Å². The Morgan fingerprint density at radius 3 is 2.52 bits per heavy atom. The van der Waals surface area contributed by atoms with E-state index in [2.05, 4.69) is 30.9 Å². The van der Waals surface area contributed by atoms with E-state index in [4.69, 9.17) is 4.74 Å². The molecule has 4 rings (SSSR count). The van der Waals surface area contributed by atoms with E-state index in [0.717, 1.165) is 63.7 Å². The van der Waals surface area contributed by atoms with Crippen LogP contribution in [-0.4, -0.2) is 63.4 Å². The van der Waals surface area contributed by atoms with Crippen LogP contribution in [0.1, 0.15) is 83.5 Å². The Kier molecular flexibility index (Phi) is 11.7. The third-order valence-electron chi connectivity index (χ3n) is 7.54. The first-order valence-corrected chi connectivity index (χ1v) is 15.6. The number of nitro groups is 1. The molecule has 220 valence electrons. The summed E-state index contributed by atoms with van der Waals surface area (Å²) in [6.07, 6.45) is 13.6. The number of non-ortho nitro benzene ring substituents is 1. The SMILES string of the molecule is O=C(CCCC[C@@H]1SC[C@@H]2NC(=O)N[C@@H]21)NCCCCCCCCCCCOc1ccc([N+](=O)[O-])c2nonc12. The average molecular weight is 577 g/mol. The van der Waals surface area contributed by atoms with Crippen LogP contribution >= 0.6 is 11.8 Å². The summed E-state index contributed by atoms with van der Waals surface area (Å²) < 4.78 is 10.4. The molecule has 3 N–H and O–H groups in total. The Balaban J connectivity index is 0.913. The van der Waals surface area contributed by atoms with Gasteiger partial charge in [-0.1, -0.05) is 51.4 Å². The van der Waals surface area contributed by atoms with Crippen LogP contribution in [0.15, 0.2) is 16.8 Å². The maximum Gasteiger partial charge on any atom is 0.315 e. The number of urea groups is 1. The molecule has 2 aliphatic heterocycles. The van der Waals surface area contributed by atoms with Crippen LogP contribution in [0.2, 0.25) is 0 Å². The molecular formula is C27H40N6O6S. The zero-order chi connectivity index (χ0) is 28.2. The zero-order valence-electron chi connectivity index (χ0n) is 22.9. The molecule has 3 atom stereocenters. The van der Waals surface area contributed by atoms with E-state index in [1.807, 2.05) is 11.8 Å². The van der Waals surface area contributed by atoms with Gasteiger partial charge < -0.3 is 20.7 Å².